The number of anilines is 1. The third kappa shape index (κ3) is 2.77. The number of hydrogen-bond donors (Lipinski definition) is 0. The molecule has 1 saturated heterocycles. The van der Waals surface area contributed by atoms with Crippen molar-refractivity contribution in [1.29, 1.82) is 0 Å². The van der Waals surface area contributed by atoms with Crippen LogP contribution in [-0.2, 0) is 14.3 Å². The number of esters is 1. The Morgan fingerprint density at radius 1 is 1.04 bits per heavy atom. The van der Waals surface area contributed by atoms with E-state index in [9.17, 15) is 9.59 Å². The molecule has 0 N–H and O–H groups in total. The average molecular weight is 311 g/mol. The van der Waals surface area contributed by atoms with Crippen LogP contribution >= 0.6 is 0 Å². The fraction of sp³-hybridized carbons (Fsp3) is 0.222. The first kappa shape index (κ1) is 15.1. The van der Waals surface area contributed by atoms with E-state index < -0.39 is 12.1 Å². The summed E-state index contributed by atoms with van der Waals surface area (Å²) in [4.78, 5) is 25.4. The highest BCUT2D eigenvalue weighted by molar-refractivity contribution is 6.06. The van der Waals surface area contributed by atoms with E-state index in [1.165, 1.54) is 6.92 Å². The van der Waals surface area contributed by atoms with Crippen molar-refractivity contribution in [3.8, 4) is 5.75 Å². The molecule has 0 aromatic heterocycles. The van der Waals surface area contributed by atoms with Gasteiger partial charge in [-0.2, -0.15) is 0 Å². The van der Waals surface area contributed by atoms with Crippen LogP contribution in [0.5, 0.6) is 5.75 Å². The Bertz CT molecular complexity index is 712. The maximum Gasteiger partial charge on any atom is 0.303 e. The summed E-state index contributed by atoms with van der Waals surface area (Å²) >= 11 is 0. The van der Waals surface area contributed by atoms with Crippen LogP contribution in [0.25, 0.3) is 0 Å². The third-order valence-corrected chi connectivity index (χ3v) is 3.83. The second-order valence-electron chi connectivity index (χ2n) is 5.29. The normalized spacial score (nSPS) is 19.9. The number of ether oxygens (including phenoxy) is 2. The van der Waals surface area contributed by atoms with Crippen molar-refractivity contribution in [2.45, 2.75) is 19.1 Å². The zero-order chi connectivity index (χ0) is 16.4. The van der Waals surface area contributed by atoms with Crippen molar-refractivity contribution in [2.75, 3.05) is 12.0 Å². The van der Waals surface area contributed by atoms with Gasteiger partial charge >= 0.3 is 5.97 Å². The molecule has 2 atom stereocenters. The Morgan fingerprint density at radius 3 is 2.26 bits per heavy atom. The first-order valence-electron chi connectivity index (χ1n) is 7.31. The maximum absolute atomic E-state index is 12.5. The Kier molecular flexibility index (Phi) is 4.02. The van der Waals surface area contributed by atoms with Crippen molar-refractivity contribution < 1.29 is 19.1 Å². The van der Waals surface area contributed by atoms with Crippen LogP contribution < -0.4 is 9.64 Å². The van der Waals surface area contributed by atoms with Crippen LogP contribution in [0.4, 0.5) is 5.69 Å². The van der Waals surface area contributed by atoms with E-state index >= 15 is 0 Å². The van der Waals surface area contributed by atoms with Gasteiger partial charge in [-0.25, -0.2) is 0 Å². The second-order valence-corrected chi connectivity index (χ2v) is 5.29. The summed E-state index contributed by atoms with van der Waals surface area (Å²) in [5, 5.41) is 0. The van der Waals surface area contributed by atoms with Gasteiger partial charge in [-0.15, -0.1) is 0 Å². The molecule has 1 amide bonds. The maximum atomic E-state index is 12.5. The Balaban J connectivity index is 1.94. The number of benzene rings is 2. The van der Waals surface area contributed by atoms with E-state index in [-0.39, 0.29) is 11.9 Å². The summed E-state index contributed by atoms with van der Waals surface area (Å²) in [7, 11) is 1.59. The summed E-state index contributed by atoms with van der Waals surface area (Å²) < 4.78 is 10.3. The van der Waals surface area contributed by atoms with Crippen molar-refractivity contribution in [2.24, 2.45) is 0 Å². The number of β-lactam (4-membered cyclic amide) rings is 1. The molecular formula is C18H17NO4. The molecule has 1 aliphatic rings. The van der Waals surface area contributed by atoms with E-state index in [0.717, 1.165) is 17.0 Å². The number of nitrogens with zero attached hydrogens (tertiary/aromatic N) is 1. The van der Waals surface area contributed by atoms with Gasteiger partial charge in [0.25, 0.3) is 5.91 Å². The fourth-order valence-corrected chi connectivity index (χ4v) is 2.76. The van der Waals surface area contributed by atoms with Crippen LogP contribution in [0, 0.1) is 0 Å². The summed E-state index contributed by atoms with van der Waals surface area (Å²) in [6, 6.07) is 16.4. The van der Waals surface area contributed by atoms with Crippen molar-refractivity contribution in [3.05, 3.63) is 60.2 Å². The highest BCUT2D eigenvalue weighted by atomic mass is 16.6. The molecule has 5 heteroatoms. The summed E-state index contributed by atoms with van der Waals surface area (Å²) in [6.07, 6.45) is -0.781. The fourth-order valence-electron chi connectivity index (χ4n) is 2.76. The number of methoxy groups -OCH3 is 1. The predicted octanol–water partition coefficient (Wildman–Crippen LogP) is 2.71. The van der Waals surface area contributed by atoms with Gasteiger partial charge in [0.1, 0.15) is 11.8 Å². The second kappa shape index (κ2) is 6.12. The Hall–Kier alpha value is -2.82. The molecule has 0 saturated carbocycles. The van der Waals surface area contributed by atoms with E-state index in [2.05, 4.69) is 0 Å². The lowest BCUT2D eigenvalue weighted by Crippen LogP contribution is -2.60. The minimum atomic E-state index is -0.781. The van der Waals surface area contributed by atoms with Gasteiger partial charge in [-0.3, -0.25) is 14.5 Å². The van der Waals surface area contributed by atoms with Crippen molar-refractivity contribution in [3.63, 3.8) is 0 Å². The van der Waals surface area contributed by atoms with Crippen LogP contribution in [0.1, 0.15) is 18.5 Å². The molecule has 5 nitrogen and oxygen atoms in total. The zero-order valence-corrected chi connectivity index (χ0v) is 12.9. The molecule has 0 bridgehead atoms. The molecule has 0 radical (unpaired) electrons. The summed E-state index contributed by atoms with van der Waals surface area (Å²) in [5.41, 5.74) is 1.67. The molecule has 2 aromatic rings. The van der Waals surface area contributed by atoms with Crippen LogP contribution in [0.15, 0.2) is 54.6 Å². The molecule has 0 spiro atoms. The molecule has 0 aliphatic carbocycles. The number of amides is 1. The molecule has 3 rings (SSSR count). The number of hydrogen-bond acceptors (Lipinski definition) is 4. The Morgan fingerprint density at radius 2 is 1.70 bits per heavy atom. The van der Waals surface area contributed by atoms with Crippen LogP contribution in [-0.4, -0.2) is 25.1 Å². The SMILES string of the molecule is COc1ccc(N2C(=O)[C@H](OC(C)=O)[C@@H]2c2ccccc2)cc1. The van der Waals surface area contributed by atoms with Crippen LogP contribution in [0.3, 0.4) is 0 Å². The number of carbonyl (C=O) groups is 2. The minimum absolute atomic E-state index is 0.223. The molecule has 1 aliphatic heterocycles. The molecule has 2 aromatic carbocycles. The smallest absolute Gasteiger partial charge is 0.303 e. The van der Waals surface area contributed by atoms with Crippen molar-refractivity contribution in [1.82, 2.24) is 0 Å². The third-order valence-electron chi connectivity index (χ3n) is 3.83. The minimum Gasteiger partial charge on any atom is -0.497 e. The van der Waals surface area contributed by atoms with E-state index in [4.69, 9.17) is 9.47 Å². The van der Waals surface area contributed by atoms with E-state index in [0.29, 0.717) is 0 Å². The van der Waals surface area contributed by atoms with E-state index in [1.54, 1.807) is 24.1 Å². The van der Waals surface area contributed by atoms with Crippen LogP contribution in [0.2, 0.25) is 0 Å². The molecule has 23 heavy (non-hydrogen) atoms. The quantitative estimate of drug-likeness (QED) is 0.643. The largest absolute Gasteiger partial charge is 0.497 e. The van der Waals surface area contributed by atoms with Gasteiger partial charge in [-0.05, 0) is 29.8 Å². The lowest BCUT2D eigenvalue weighted by Gasteiger charge is -2.46. The topological polar surface area (TPSA) is 55.8 Å². The summed E-state index contributed by atoms with van der Waals surface area (Å²) in [6.45, 7) is 1.31. The average Bonchev–Trinajstić information content (AvgIpc) is 2.58. The predicted molar refractivity (Wildman–Crippen MR) is 85.2 cm³/mol. The molecule has 0 unspecified atom stereocenters. The van der Waals surface area contributed by atoms with Gasteiger partial charge in [0.15, 0.2) is 0 Å². The standard InChI is InChI=1S/C18H17NO4/c1-12(20)23-17-16(13-6-4-3-5-7-13)19(18(17)21)14-8-10-15(22-2)11-9-14/h3-11,16-17H,1-2H3/t16-,17+/m0/s1. The molecule has 118 valence electrons. The Labute approximate surface area is 134 Å². The van der Waals surface area contributed by atoms with Gasteiger partial charge in [-0.1, -0.05) is 30.3 Å². The van der Waals surface area contributed by atoms with Gasteiger partial charge < -0.3 is 9.47 Å². The number of rotatable bonds is 4. The highest BCUT2D eigenvalue weighted by Gasteiger charge is 2.51. The number of carbonyl (C=O) groups excluding carboxylic acids is 2. The first-order chi connectivity index (χ1) is 11.1. The molecule has 1 heterocycles. The van der Waals surface area contributed by atoms with Gasteiger partial charge in [0.2, 0.25) is 6.10 Å². The molecular weight excluding hydrogens is 294 g/mol. The van der Waals surface area contributed by atoms with E-state index in [1.807, 2.05) is 42.5 Å². The molecule has 1 fully saturated rings. The first-order valence-corrected chi connectivity index (χ1v) is 7.31. The highest BCUT2D eigenvalue weighted by Crippen LogP contribution is 2.41. The summed E-state index contributed by atoms with van der Waals surface area (Å²) in [5.74, 6) is 0.0346. The monoisotopic (exact) mass is 311 g/mol. The van der Waals surface area contributed by atoms with Gasteiger partial charge in [0.05, 0.1) is 7.11 Å². The van der Waals surface area contributed by atoms with Gasteiger partial charge in [0, 0.05) is 12.6 Å². The van der Waals surface area contributed by atoms with Crippen molar-refractivity contribution >= 4 is 17.6 Å². The lowest BCUT2D eigenvalue weighted by atomic mass is 9.89. The zero-order valence-electron chi connectivity index (χ0n) is 12.9. The lowest BCUT2D eigenvalue weighted by molar-refractivity contribution is -0.160.